The largest absolute Gasteiger partial charge is 0.465 e. The van der Waals surface area contributed by atoms with Crippen molar-refractivity contribution in [2.45, 2.75) is 45.1 Å². The van der Waals surface area contributed by atoms with E-state index < -0.39 is 10.2 Å². The molecule has 0 spiro atoms. The van der Waals surface area contributed by atoms with Gasteiger partial charge in [-0.25, -0.2) is 0 Å². The van der Waals surface area contributed by atoms with E-state index in [1.807, 2.05) is 25.1 Å². The van der Waals surface area contributed by atoms with E-state index in [9.17, 15) is 8.42 Å². The van der Waals surface area contributed by atoms with E-state index in [2.05, 4.69) is 0 Å². The van der Waals surface area contributed by atoms with Crippen LogP contribution in [0, 0.1) is 18.3 Å². The second-order valence-corrected chi connectivity index (χ2v) is 7.65. The van der Waals surface area contributed by atoms with Crippen LogP contribution >= 0.6 is 0 Å². The molecule has 1 saturated heterocycles. The minimum absolute atomic E-state index is 0.189. The molecule has 0 bridgehead atoms. The van der Waals surface area contributed by atoms with Crippen LogP contribution in [-0.2, 0) is 10.2 Å². The number of nitrogens with zero attached hydrogens (tertiary/aromatic N) is 3. The summed E-state index contributed by atoms with van der Waals surface area (Å²) >= 11 is 0. The van der Waals surface area contributed by atoms with E-state index >= 15 is 0 Å². The smallest absolute Gasteiger partial charge is 0.282 e. The lowest BCUT2D eigenvalue weighted by Gasteiger charge is -2.31. The minimum atomic E-state index is -3.59. The predicted molar refractivity (Wildman–Crippen MR) is 83.1 cm³/mol. The number of hydrogen-bond donors (Lipinski definition) is 0. The third-order valence-corrected chi connectivity index (χ3v) is 6.02. The molecule has 0 amide bonds. The van der Waals surface area contributed by atoms with Crippen molar-refractivity contribution in [3.63, 3.8) is 0 Å². The van der Waals surface area contributed by atoms with E-state index in [-0.39, 0.29) is 19.0 Å². The van der Waals surface area contributed by atoms with Crippen molar-refractivity contribution in [2.75, 3.05) is 20.1 Å². The van der Waals surface area contributed by atoms with Crippen LogP contribution in [0.4, 0.5) is 0 Å². The van der Waals surface area contributed by atoms with Gasteiger partial charge in [0.15, 0.2) is 0 Å². The molecule has 0 radical (unpaired) electrons. The fourth-order valence-electron chi connectivity index (χ4n) is 2.78. The Kier molecular flexibility index (Phi) is 5.62. The molecule has 0 saturated carbocycles. The van der Waals surface area contributed by atoms with E-state index in [4.69, 9.17) is 9.68 Å². The quantitative estimate of drug-likeness (QED) is 0.833. The predicted octanol–water partition coefficient (Wildman–Crippen LogP) is 2.60. The Morgan fingerprint density at radius 2 is 2.18 bits per heavy atom. The Morgan fingerprint density at radius 3 is 2.82 bits per heavy atom. The molecule has 22 heavy (non-hydrogen) atoms. The molecule has 2 rings (SSSR count). The molecule has 1 atom stereocenters. The number of aryl methyl sites for hydroxylation is 1. The van der Waals surface area contributed by atoms with Crippen molar-refractivity contribution < 1.29 is 12.8 Å². The standard InChI is InChI=1S/C15H23N3O3S/c1-13-8-9-15(21-13)14-7-4-3-5-12-18(14)22(19,20)17(2)11-6-10-16/h8-9,14H,3-7,11-12H2,1-2H3/t14-/m0/s1. The third kappa shape index (κ3) is 3.69. The first-order valence-corrected chi connectivity index (χ1v) is 9.03. The maximum atomic E-state index is 12.8. The molecule has 122 valence electrons. The second kappa shape index (κ2) is 7.27. The Morgan fingerprint density at radius 1 is 1.41 bits per heavy atom. The summed E-state index contributed by atoms with van der Waals surface area (Å²) in [5.74, 6) is 1.49. The first kappa shape index (κ1) is 17.0. The van der Waals surface area contributed by atoms with Gasteiger partial charge in [0.25, 0.3) is 10.2 Å². The van der Waals surface area contributed by atoms with Gasteiger partial charge in [-0.05, 0) is 31.9 Å². The minimum Gasteiger partial charge on any atom is -0.465 e. The van der Waals surface area contributed by atoms with Crippen LogP contribution in [0.15, 0.2) is 16.5 Å². The fraction of sp³-hybridized carbons (Fsp3) is 0.667. The van der Waals surface area contributed by atoms with Crippen molar-refractivity contribution in [1.82, 2.24) is 8.61 Å². The van der Waals surface area contributed by atoms with Crippen LogP contribution < -0.4 is 0 Å². The van der Waals surface area contributed by atoms with Crippen molar-refractivity contribution in [2.24, 2.45) is 0 Å². The highest BCUT2D eigenvalue weighted by Crippen LogP contribution is 2.34. The molecular formula is C15H23N3O3S. The summed E-state index contributed by atoms with van der Waals surface area (Å²) in [5, 5.41) is 8.67. The van der Waals surface area contributed by atoms with Gasteiger partial charge < -0.3 is 4.42 Å². The van der Waals surface area contributed by atoms with Crippen LogP contribution in [-0.4, -0.2) is 37.2 Å². The van der Waals surface area contributed by atoms with Crippen LogP contribution in [0.1, 0.15) is 49.7 Å². The van der Waals surface area contributed by atoms with Gasteiger partial charge in [0.2, 0.25) is 0 Å². The summed E-state index contributed by atoms with van der Waals surface area (Å²) in [7, 11) is -2.06. The summed E-state index contributed by atoms with van der Waals surface area (Å²) in [4.78, 5) is 0. The lowest BCUT2D eigenvalue weighted by Crippen LogP contribution is -2.44. The topological polar surface area (TPSA) is 77.5 Å². The molecule has 2 heterocycles. The monoisotopic (exact) mass is 325 g/mol. The summed E-state index contributed by atoms with van der Waals surface area (Å²) in [6.45, 7) is 2.56. The molecule has 0 aromatic carbocycles. The van der Waals surface area contributed by atoms with Crippen LogP contribution in [0.5, 0.6) is 0 Å². The number of furan rings is 1. The fourth-order valence-corrected chi connectivity index (χ4v) is 4.35. The SMILES string of the molecule is Cc1ccc([C@@H]2CCCCCN2S(=O)(=O)N(C)CCC#N)o1. The van der Waals surface area contributed by atoms with Gasteiger partial charge in [0.1, 0.15) is 11.5 Å². The Labute approximate surface area is 132 Å². The number of nitriles is 1. The number of hydrogen-bond acceptors (Lipinski definition) is 4. The zero-order chi connectivity index (χ0) is 16.2. The molecule has 0 aliphatic carbocycles. The maximum Gasteiger partial charge on any atom is 0.282 e. The van der Waals surface area contributed by atoms with Gasteiger partial charge in [-0.1, -0.05) is 12.8 Å². The zero-order valence-corrected chi connectivity index (χ0v) is 14.0. The zero-order valence-electron chi connectivity index (χ0n) is 13.2. The molecule has 0 unspecified atom stereocenters. The van der Waals surface area contributed by atoms with E-state index in [1.54, 1.807) is 0 Å². The van der Waals surface area contributed by atoms with E-state index in [1.165, 1.54) is 15.7 Å². The lowest BCUT2D eigenvalue weighted by atomic mass is 10.1. The molecule has 7 heteroatoms. The van der Waals surface area contributed by atoms with E-state index in [0.717, 1.165) is 31.4 Å². The van der Waals surface area contributed by atoms with Crippen LogP contribution in [0.25, 0.3) is 0 Å². The molecule has 0 N–H and O–H groups in total. The normalized spacial score (nSPS) is 20.7. The average Bonchev–Trinajstić information content (AvgIpc) is 2.76. The summed E-state index contributed by atoms with van der Waals surface area (Å²) in [5.41, 5.74) is 0. The highest BCUT2D eigenvalue weighted by atomic mass is 32.2. The molecular weight excluding hydrogens is 302 g/mol. The van der Waals surface area contributed by atoms with Crippen molar-refractivity contribution in [3.05, 3.63) is 23.7 Å². The molecule has 1 fully saturated rings. The van der Waals surface area contributed by atoms with Crippen molar-refractivity contribution >= 4 is 10.2 Å². The van der Waals surface area contributed by atoms with Crippen molar-refractivity contribution in [1.29, 1.82) is 5.26 Å². The van der Waals surface area contributed by atoms with Gasteiger partial charge in [-0.2, -0.15) is 22.3 Å². The first-order chi connectivity index (χ1) is 10.5. The van der Waals surface area contributed by atoms with Crippen LogP contribution in [0.3, 0.4) is 0 Å². The van der Waals surface area contributed by atoms with Gasteiger partial charge in [-0.3, -0.25) is 0 Å². The Bertz CT molecular complexity index is 633. The summed E-state index contributed by atoms with van der Waals surface area (Å²) in [6, 6.07) is 5.46. The third-order valence-electron chi connectivity index (χ3n) is 4.02. The highest BCUT2D eigenvalue weighted by molar-refractivity contribution is 7.86. The first-order valence-electron chi connectivity index (χ1n) is 7.63. The molecule has 1 aliphatic heterocycles. The second-order valence-electron chi connectivity index (χ2n) is 5.66. The molecule has 1 aliphatic rings. The van der Waals surface area contributed by atoms with Gasteiger partial charge >= 0.3 is 0 Å². The molecule has 1 aromatic heterocycles. The Balaban J connectivity index is 2.29. The van der Waals surface area contributed by atoms with Gasteiger partial charge in [-0.15, -0.1) is 0 Å². The average molecular weight is 325 g/mol. The maximum absolute atomic E-state index is 12.8. The summed E-state index contributed by atoms with van der Waals surface area (Å²) in [6.07, 6.45) is 3.80. The Hall–Kier alpha value is -1.36. The highest BCUT2D eigenvalue weighted by Gasteiger charge is 2.36. The van der Waals surface area contributed by atoms with Gasteiger partial charge in [0, 0.05) is 26.6 Å². The lowest BCUT2D eigenvalue weighted by molar-refractivity contribution is 0.264. The molecule has 6 nitrogen and oxygen atoms in total. The summed E-state index contributed by atoms with van der Waals surface area (Å²) < 4.78 is 34.2. The van der Waals surface area contributed by atoms with Crippen molar-refractivity contribution in [3.8, 4) is 6.07 Å². The van der Waals surface area contributed by atoms with E-state index in [0.29, 0.717) is 12.3 Å². The van der Waals surface area contributed by atoms with Gasteiger partial charge in [0.05, 0.1) is 12.1 Å². The van der Waals surface area contributed by atoms with Crippen LogP contribution in [0.2, 0.25) is 0 Å². The number of rotatable bonds is 5. The molecule has 1 aromatic rings.